The van der Waals surface area contributed by atoms with E-state index in [9.17, 15) is 0 Å². The molecule has 0 heterocycles. The van der Waals surface area contributed by atoms with Crippen LogP contribution in [0.15, 0.2) is 24.3 Å². The molecule has 0 radical (unpaired) electrons. The zero-order valence-electron chi connectivity index (χ0n) is 5.09. The van der Waals surface area contributed by atoms with Crippen molar-refractivity contribution >= 4 is 0 Å². The fourth-order valence-corrected chi connectivity index (χ4v) is 0.483. The van der Waals surface area contributed by atoms with Crippen molar-refractivity contribution in [3.63, 3.8) is 0 Å². The molecule has 0 saturated heterocycles. The van der Waals surface area contributed by atoms with Crippen molar-refractivity contribution < 1.29 is 19.5 Å². The Hall–Kier alpha value is -0.597. The SMILES string of the molecule is C#Cc1c[c-]ccc1.[Zn]. The molecule has 0 N–H and O–H groups in total. The van der Waals surface area contributed by atoms with Crippen LogP contribution in [0.4, 0.5) is 0 Å². The van der Waals surface area contributed by atoms with Gasteiger partial charge in [-0.3, -0.25) is 0 Å². The second-order valence-corrected chi connectivity index (χ2v) is 1.44. The molecular weight excluding hydrogens is 161 g/mol. The van der Waals surface area contributed by atoms with E-state index in [1.807, 2.05) is 18.2 Å². The van der Waals surface area contributed by atoms with Crippen LogP contribution in [-0.2, 0) is 19.5 Å². The minimum atomic E-state index is 0. The topological polar surface area (TPSA) is 0 Å². The van der Waals surface area contributed by atoms with Crippen LogP contribution in [0.2, 0.25) is 0 Å². The summed E-state index contributed by atoms with van der Waals surface area (Å²) in [5.41, 5.74) is 0.882. The monoisotopic (exact) mass is 165 g/mol. The first-order chi connectivity index (χ1) is 3.93. The van der Waals surface area contributed by atoms with Gasteiger partial charge in [-0.25, -0.2) is 0 Å². The Bertz CT molecular complexity index is 196. The molecule has 0 nitrogen and oxygen atoms in total. The molecule has 0 saturated carbocycles. The minimum absolute atomic E-state index is 0. The molecule has 0 aliphatic carbocycles. The Kier molecular flexibility index (Phi) is 4.01. The third kappa shape index (κ3) is 2.44. The standard InChI is InChI=1S/C8H5.Zn/c1-2-8-6-4-3-5-7-8;/h1,3-4,6-7H;/q-1;. The molecule has 1 aromatic carbocycles. The minimum Gasteiger partial charge on any atom is -0.183 e. The zero-order chi connectivity index (χ0) is 5.82. The van der Waals surface area contributed by atoms with Crippen molar-refractivity contribution in [3.05, 3.63) is 35.9 Å². The number of terminal acetylenes is 1. The fourth-order valence-electron chi connectivity index (χ4n) is 0.483. The van der Waals surface area contributed by atoms with Crippen LogP contribution in [-0.4, -0.2) is 0 Å². The van der Waals surface area contributed by atoms with Crippen LogP contribution in [0.3, 0.4) is 0 Å². The molecule has 1 rings (SSSR count). The van der Waals surface area contributed by atoms with E-state index in [0.717, 1.165) is 5.56 Å². The van der Waals surface area contributed by atoms with Gasteiger partial charge in [-0.05, 0) is 0 Å². The molecule has 9 heavy (non-hydrogen) atoms. The predicted molar refractivity (Wildman–Crippen MR) is 33.2 cm³/mol. The van der Waals surface area contributed by atoms with Gasteiger partial charge in [0.1, 0.15) is 0 Å². The molecule has 1 aromatic rings. The predicted octanol–water partition coefficient (Wildman–Crippen LogP) is 1.47. The summed E-state index contributed by atoms with van der Waals surface area (Å²) in [5.74, 6) is 2.50. The first-order valence-corrected chi connectivity index (χ1v) is 2.36. The maximum Gasteiger partial charge on any atom is 0 e. The van der Waals surface area contributed by atoms with Gasteiger partial charge < -0.3 is 0 Å². The van der Waals surface area contributed by atoms with Gasteiger partial charge in [0, 0.05) is 19.5 Å². The first-order valence-electron chi connectivity index (χ1n) is 2.36. The summed E-state index contributed by atoms with van der Waals surface area (Å²) in [6.07, 6.45) is 5.08. The molecular formula is C8H5Zn-. The summed E-state index contributed by atoms with van der Waals surface area (Å²) in [7, 11) is 0. The van der Waals surface area contributed by atoms with Crippen LogP contribution in [0, 0.1) is 18.4 Å². The van der Waals surface area contributed by atoms with Crippen molar-refractivity contribution in [2.75, 3.05) is 0 Å². The molecule has 0 unspecified atom stereocenters. The maximum absolute atomic E-state index is 5.08. The van der Waals surface area contributed by atoms with E-state index < -0.39 is 0 Å². The Balaban J connectivity index is 0.000000640. The molecule has 0 amide bonds. The Morgan fingerprint density at radius 1 is 1.56 bits per heavy atom. The molecule has 0 fully saturated rings. The largest absolute Gasteiger partial charge is 0.183 e. The molecule has 0 atom stereocenters. The van der Waals surface area contributed by atoms with Crippen LogP contribution < -0.4 is 0 Å². The fraction of sp³-hybridized carbons (Fsp3) is 0. The van der Waals surface area contributed by atoms with Crippen molar-refractivity contribution in [2.24, 2.45) is 0 Å². The van der Waals surface area contributed by atoms with Crippen LogP contribution in [0.1, 0.15) is 5.56 Å². The summed E-state index contributed by atoms with van der Waals surface area (Å²) >= 11 is 0. The summed E-state index contributed by atoms with van der Waals surface area (Å²) < 4.78 is 0. The van der Waals surface area contributed by atoms with E-state index in [0.29, 0.717) is 0 Å². The average molecular weight is 167 g/mol. The van der Waals surface area contributed by atoms with Crippen LogP contribution >= 0.6 is 0 Å². The molecule has 40 valence electrons. The normalized spacial score (nSPS) is 7.00. The van der Waals surface area contributed by atoms with E-state index in [-0.39, 0.29) is 19.5 Å². The molecule has 0 bridgehead atoms. The van der Waals surface area contributed by atoms with E-state index >= 15 is 0 Å². The second-order valence-electron chi connectivity index (χ2n) is 1.44. The summed E-state index contributed by atoms with van der Waals surface area (Å²) in [6.45, 7) is 0. The van der Waals surface area contributed by atoms with Crippen LogP contribution in [0.5, 0.6) is 0 Å². The van der Waals surface area contributed by atoms with Gasteiger partial charge in [0.25, 0.3) is 0 Å². The van der Waals surface area contributed by atoms with Gasteiger partial charge in [-0.15, -0.1) is 12.3 Å². The first kappa shape index (κ1) is 8.40. The molecule has 1 heteroatoms. The number of hydrogen-bond acceptors (Lipinski definition) is 0. The molecule has 0 aliphatic heterocycles. The molecule has 0 aromatic heterocycles. The van der Waals surface area contributed by atoms with Crippen LogP contribution in [0.25, 0.3) is 0 Å². The smallest absolute Gasteiger partial charge is 0 e. The Labute approximate surface area is 68.0 Å². The third-order valence-corrected chi connectivity index (χ3v) is 0.874. The van der Waals surface area contributed by atoms with Gasteiger partial charge in [-0.1, -0.05) is 5.56 Å². The molecule has 0 spiro atoms. The Morgan fingerprint density at radius 2 is 2.33 bits per heavy atom. The zero-order valence-corrected chi connectivity index (χ0v) is 8.06. The van der Waals surface area contributed by atoms with Crippen molar-refractivity contribution in [1.82, 2.24) is 0 Å². The number of benzene rings is 1. The quantitative estimate of drug-likeness (QED) is 0.311. The van der Waals surface area contributed by atoms with Gasteiger partial charge in [0.2, 0.25) is 0 Å². The molecule has 0 aliphatic rings. The average Bonchev–Trinajstić information content (AvgIpc) is 1.90. The van der Waals surface area contributed by atoms with Gasteiger partial charge in [0.05, 0.1) is 0 Å². The van der Waals surface area contributed by atoms with Crippen molar-refractivity contribution in [2.45, 2.75) is 0 Å². The van der Waals surface area contributed by atoms with Crippen molar-refractivity contribution in [3.8, 4) is 12.3 Å². The maximum atomic E-state index is 5.08. The summed E-state index contributed by atoms with van der Waals surface area (Å²) in [4.78, 5) is 0. The third-order valence-electron chi connectivity index (χ3n) is 0.874. The summed E-state index contributed by atoms with van der Waals surface area (Å²) in [5, 5.41) is 0. The van der Waals surface area contributed by atoms with Crippen molar-refractivity contribution in [1.29, 1.82) is 0 Å². The number of hydrogen-bond donors (Lipinski definition) is 0. The van der Waals surface area contributed by atoms with E-state index in [1.165, 1.54) is 0 Å². The van der Waals surface area contributed by atoms with E-state index in [1.54, 1.807) is 6.07 Å². The number of rotatable bonds is 0. The summed E-state index contributed by atoms with van der Waals surface area (Å²) in [6, 6.07) is 10.2. The second kappa shape index (κ2) is 4.30. The van der Waals surface area contributed by atoms with Gasteiger partial charge >= 0.3 is 0 Å². The Morgan fingerprint density at radius 3 is 2.67 bits per heavy atom. The van der Waals surface area contributed by atoms with E-state index in [2.05, 4.69) is 12.0 Å². The van der Waals surface area contributed by atoms with Gasteiger partial charge in [0.15, 0.2) is 0 Å². The van der Waals surface area contributed by atoms with E-state index in [4.69, 9.17) is 6.42 Å². The van der Waals surface area contributed by atoms with Gasteiger partial charge in [-0.2, -0.15) is 30.3 Å².